The zero-order chi connectivity index (χ0) is 26.4. The van der Waals surface area contributed by atoms with Crippen molar-refractivity contribution >= 4 is 11.9 Å². The highest BCUT2D eigenvalue weighted by molar-refractivity contribution is 5.96. The Kier molecular flexibility index (Phi) is 6.01. The third-order valence-electron chi connectivity index (χ3n) is 7.45. The molecule has 0 unspecified atom stereocenters. The van der Waals surface area contributed by atoms with Crippen LogP contribution in [0.3, 0.4) is 0 Å². The van der Waals surface area contributed by atoms with Gasteiger partial charge in [-0.15, -0.1) is 5.10 Å². The largest absolute Gasteiger partial charge is 0.478 e. The molecule has 194 valence electrons. The van der Waals surface area contributed by atoms with Crippen molar-refractivity contribution in [3.8, 4) is 16.8 Å². The Morgan fingerprint density at radius 2 is 1.82 bits per heavy atom. The predicted molar refractivity (Wildman–Crippen MR) is 137 cm³/mol. The Bertz CT molecular complexity index is 1540. The predicted octanol–water partition coefficient (Wildman–Crippen LogP) is 4.40. The number of carboxylic acid groups (broad SMARTS) is 1. The van der Waals surface area contributed by atoms with Gasteiger partial charge in [0.1, 0.15) is 11.4 Å². The van der Waals surface area contributed by atoms with Crippen LogP contribution in [-0.2, 0) is 7.05 Å². The number of carboxylic acids is 1. The Balaban J connectivity index is 1.35. The standard InChI is InChI=1S/C28H27FN6O3/c1-33-16-24(31-32-33)21-14-22(21)26-23(28(37)38)15-30-35(26)18-8-5-7-17(13-18)19-9-6-10-20(25(19)29)27(36)34-11-3-2-4-12-34/h5-10,13,15-16,21-22H,2-4,11-12,14H2,1H3,(H,37,38)/t21-,22-/m1/s1. The third-order valence-corrected chi connectivity index (χ3v) is 7.45. The number of benzene rings is 2. The molecule has 1 amide bonds. The lowest BCUT2D eigenvalue weighted by Gasteiger charge is -2.27. The van der Waals surface area contributed by atoms with Crippen LogP contribution in [0.5, 0.6) is 0 Å². The zero-order valence-corrected chi connectivity index (χ0v) is 20.9. The van der Waals surface area contributed by atoms with Gasteiger partial charge in [-0.1, -0.05) is 29.5 Å². The lowest BCUT2D eigenvalue weighted by atomic mass is 10.00. The fraction of sp³-hybridized carbons (Fsp3) is 0.321. The smallest absolute Gasteiger partial charge is 0.339 e. The Morgan fingerprint density at radius 3 is 2.55 bits per heavy atom. The summed E-state index contributed by atoms with van der Waals surface area (Å²) in [5, 5.41) is 22.5. The number of nitrogens with zero attached hydrogens (tertiary/aromatic N) is 6. The molecule has 2 aromatic carbocycles. The van der Waals surface area contributed by atoms with Crippen LogP contribution in [0.15, 0.2) is 54.9 Å². The molecule has 1 N–H and O–H groups in total. The molecule has 0 radical (unpaired) electrons. The summed E-state index contributed by atoms with van der Waals surface area (Å²) in [6.45, 7) is 1.28. The van der Waals surface area contributed by atoms with E-state index < -0.39 is 11.8 Å². The second-order valence-corrected chi connectivity index (χ2v) is 10.00. The molecular formula is C28H27FN6O3. The number of rotatable bonds is 6. The van der Waals surface area contributed by atoms with Crippen molar-refractivity contribution < 1.29 is 19.1 Å². The molecule has 6 rings (SSSR count). The SMILES string of the molecule is Cn1cc([C@@H]2C[C@H]2c2c(C(=O)O)cnn2-c2cccc(-c3cccc(C(=O)N4CCCCC4)c3F)c2)nn1. The number of likely N-dealkylation sites (tertiary alicyclic amines) is 1. The summed E-state index contributed by atoms with van der Waals surface area (Å²) in [5.74, 6) is -1.93. The van der Waals surface area contributed by atoms with Crippen molar-refractivity contribution in [3.63, 3.8) is 0 Å². The van der Waals surface area contributed by atoms with Gasteiger partial charge in [0.25, 0.3) is 5.91 Å². The third kappa shape index (κ3) is 4.25. The Labute approximate surface area is 218 Å². The minimum atomic E-state index is -1.05. The van der Waals surface area contributed by atoms with Crippen LogP contribution in [0.1, 0.15) is 69.6 Å². The molecule has 1 aliphatic heterocycles. The van der Waals surface area contributed by atoms with E-state index >= 15 is 4.39 Å². The molecule has 0 spiro atoms. The molecule has 2 aromatic heterocycles. The number of carbonyl (C=O) groups is 2. The van der Waals surface area contributed by atoms with E-state index in [0.29, 0.717) is 35.6 Å². The van der Waals surface area contributed by atoms with Crippen LogP contribution >= 0.6 is 0 Å². The maximum absolute atomic E-state index is 15.7. The number of aromatic nitrogens is 5. The van der Waals surface area contributed by atoms with Crippen molar-refractivity contribution in [1.82, 2.24) is 29.7 Å². The number of carbonyl (C=O) groups excluding carboxylic acids is 1. The van der Waals surface area contributed by atoms with Gasteiger partial charge in [-0.25, -0.2) is 13.9 Å². The van der Waals surface area contributed by atoms with E-state index in [9.17, 15) is 14.7 Å². The van der Waals surface area contributed by atoms with Crippen LogP contribution in [0.2, 0.25) is 0 Å². The molecule has 4 aromatic rings. The fourth-order valence-corrected chi connectivity index (χ4v) is 5.44. The molecule has 0 bridgehead atoms. The van der Waals surface area contributed by atoms with E-state index in [1.807, 2.05) is 12.3 Å². The van der Waals surface area contributed by atoms with Crippen LogP contribution in [0.4, 0.5) is 4.39 Å². The van der Waals surface area contributed by atoms with Gasteiger partial charge in [-0.3, -0.25) is 9.48 Å². The molecule has 2 fully saturated rings. The lowest BCUT2D eigenvalue weighted by Crippen LogP contribution is -2.36. The van der Waals surface area contributed by atoms with Crippen molar-refractivity contribution in [2.75, 3.05) is 13.1 Å². The second kappa shape index (κ2) is 9.51. The summed E-state index contributed by atoms with van der Waals surface area (Å²) in [6, 6.07) is 12.0. The summed E-state index contributed by atoms with van der Waals surface area (Å²) in [5.41, 5.74) is 3.09. The van der Waals surface area contributed by atoms with E-state index in [2.05, 4.69) is 15.4 Å². The first-order valence-electron chi connectivity index (χ1n) is 12.8. The van der Waals surface area contributed by atoms with E-state index in [0.717, 1.165) is 31.4 Å². The van der Waals surface area contributed by atoms with Gasteiger partial charge in [0, 0.05) is 43.7 Å². The van der Waals surface area contributed by atoms with E-state index in [1.165, 1.54) is 12.3 Å². The fourth-order valence-electron chi connectivity index (χ4n) is 5.44. The molecule has 1 aliphatic carbocycles. The molecule has 3 heterocycles. The van der Waals surface area contributed by atoms with Gasteiger partial charge in [0.2, 0.25) is 0 Å². The summed E-state index contributed by atoms with van der Waals surface area (Å²) in [7, 11) is 1.79. The van der Waals surface area contributed by atoms with Crippen LogP contribution in [-0.4, -0.2) is 59.7 Å². The molecule has 38 heavy (non-hydrogen) atoms. The summed E-state index contributed by atoms with van der Waals surface area (Å²) < 4.78 is 19.0. The maximum Gasteiger partial charge on any atom is 0.339 e. The summed E-state index contributed by atoms with van der Waals surface area (Å²) in [6.07, 6.45) is 6.87. The highest BCUT2D eigenvalue weighted by Crippen LogP contribution is 2.55. The van der Waals surface area contributed by atoms with Gasteiger partial charge in [-0.05, 0) is 49.4 Å². The average molecular weight is 515 g/mol. The monoisotopic (exact) mass is 514 g/mol. The van der Waals surface area contributed by atoms with Gasteiger partial charge >= 0.3 is 5.97 Å². The average Bonchev–Trinajstić information content (AvgIpc) is 3.37. The van der Waals surface area contributed by atoms with Gasteiger partial charge in [0.05, 0.1) is 28.8 Å². The van der Waals surface area contributed by atoms with Crippen molar-refractivity contribution in [2.24, 2.45) is 7.05 Å². The van der Waals surface area contributed by atoms with E-state index in [4.69, 9.17) is 0 Å². The molecule has 1 saturated carbocycles. The molecular weight excluding hydrogens is 487 g/mol. The molecule has 10 heteroatoms. The second-order valence-electron chi connectivity index (χ2n) is 10.00. The van der Waals surface area contributed by atoms with Crippen molar-refractivity contribution in [2.45, 2.75) is 37.5 Å². The van der Waals surface area contributed by atoms with Gasteiger partial charge in [-0.2, -0.15) is 5.10 Å². The zero-order valence-electron chi connectivity index (χ0n) is 20.9. The molecule has 2 aliphatic rings. The van der Waals surface area contributed by atoms with Gasteiger partial charge < -0.3 is 10.0 Å². The lowest BCUT2D eigenvalue weighted by molar-refractivity contribution is 0.0692. The number of hydrogen-bond donors (Lipinski definition) is 1. The highest BCUT2D eigenvalue weighted by atomic mass is 19.1. The number of piperidine rings is 1. The topological polar surface area (TPSA) is 106 Å². The number of amides is 1. The Morgan fingerprint density at radius 1 is 1.03 bits per heavy atom. The number of aryl methyl sites for hydroxylation is 1. The normalized spacial score (nSPS) is 18.9. The molecule has 2 atom stereocenters. The maximum atomic E-state index is 15.7. The first-order valence-corrected chi connectivity index (χ1v) is 12.8. The van der Waals surface area contributed by atoms with Crippen molar-refractivity contribution in [3.05, 3.63) is 83.2 Å². The summed E-state index contributed by atoms with van der Waals surface area (Å²) >= 11 is 0. The van der Waals surface area contributed by atoms with E-state index in [-0.39, 0.29) is 28.9 Å². The van der Waals surface area contributed by atoms with E-state index in [1.54, 1.807) is 51.6 Å². The molecule has 9 nitrogen and oxygen atoms in total. The van der Waals surface area contributed by atoms with Crippen molar-refractivity contribution in [1.29, 1.82) is 0 Å². The van der Waals surface area contributed by atoms with Crippen LogP contribution in [0, 0.1) is 5.82 Å². The summed E-state index contributed by atoms with van der Waals surface area (Å²) in [4.78, 5) is 26.8. The molecule has 1 saturated heterocycles. The number of halogens is 1. The highest BCUT2D eigenvalue weighted by Gasteiger charge is 2.46. The first kappa shape index (κ1) is 24.0. The minimum absolute atomic E-state index is 0.0513. The Hall–Kier alpha value is -4.34. The van der Waals surface area contributed by atoms with Gasteiger partial charge in [0.15, 0.2) is 0 Å². The quantitative estimate of drug-likeness (QED) is 0.409. The number of hydrogen-bond acceptors (Lipinski definition) is 5. The first-order chi connectivity index (χ1) is 18.4. The van der Waals surface area contributed by atoms with Crippen LogP contribution < -0.4 is 0 Å². The number of aromatic carboxylic acids is 1. The van der Waals surface area contributed by atoms with Crippen LogP contribution in [0.25, 0.3) is 16.8 Å². The minimum Gasteiger partial charge on any atom is -0.478 e.